The van der Waals surface area contributed by atoms with E-state index in [0.29, 0.717) is 0 Å². The Kier molecular flexibility index (Phi) is 4.37. The van der Waals surface area contributed by atoms with Crippen LogP contribution in [0, 0.1) is 5.82 Å². The molecule has 3 heteroatoms. The van der Waals surface area contributed by atoms with Crippen LogP contribution in [0.15, 0.2) is 24.3 Å². The Balaban J connectivity index is 1.63. The molecule has 1 aliphatic carbocycles. The van der Waals surface area contributed by atoms with Crippen LogP contribution in [0.2, 0.25) is 0 Å². The van der Waals surface area contributed by atoms with Crippen molar-refractivity contribution >= 4 is 5.69 Å². The molecule has 1 saturated carbocycles. The van der Waals surface area contributed by atoms with Gasteiger partial charge in [0.2, 0.25) is 0 Å². The summed E-state index contributed by atoms with van der Waals surface area (Å²) in [6, 6.07) is 7.58. The number of rotatable bonds is 7. The van der Waals surface area contributed by atoms with Gasteiger partial charge in [-0.15, -0.1) is 0 Å². The zero-order valence-electron chi connectivity index (χ0n) is 10.5. The van der Waals surface area contributed by atoms with Crippen LogP contribution in [0.1, 0.15) is 25.7 Å². The lowest BCUT2D eigenvalue weighted by molar-refractivity contribution is 0.614. The van der Waals surface area contributed by atoms with Crippen LogP contribution < -0.4 is 10.2 Å². The molecule has 94 valence electrons. The van der Waals surface area contributed by atoms with Gasteiger partial charge in [-0.05, 0) is 50.4 Å². The van der Waals surface area contributed by atoms with Crippen molar-refractivity contribution in [2.75, 3.05) is 25.0 Å². The second kappa shape index (κ2) is 6.01. The van der Waals surface area contributed by atoms with E-state index >= 15 is 0 Å². The maximum Gasteiger partial charge on any atom is 0.125 e. The van der Waals surface area contributed by atoms with Gasteiger partial charge in [0.25, 0.3) is 0 Å². The number of anilines is 1. The average molecular weight is 236 g/mol. The number of nitrogens with one attached hydrogen (secondary N) is 1. The Morgan fingerprint density at radius 1 is 1.35 bits per heavy atom. The molecule has 1 aromatic carbocycles. The smallest absolute Gasteiger partial charge is 0.125 e. The number of halogens is 1. The van der Waals surface area contributed by atoms with Gasteiger partial charge in [0.1, 0.15) is 5.82 Å². The first kappa shape index (κ1) is 12.4. The van der Waals surface area contributed by atoms with E-state index in [1.54, 1.807) is 12.1 Å². The Hall–Kier alpha value is -1.09. The van der Waals surface area contributed by atoms with Crippen LogP contribution in [0.5, 0.6) is 0 Å². The predicted molar refractivity (Wildman–Crippen MR) is 69.9 cm³/mol. The van der Waals surface area contributed by atoms with Crippen LogP contribution in [-0.4, -0.2) is 26.2 Å². The minimum atomic E-state index is -0.162. The first-order valence-electron chi connectivity index (χ1n) is 6.46. The van der Waals surface area contributed by atoms with E-state index in [-0.39, 0.29) is 5.82 Å². The normalized spacial score (nSPS) is 14.9. The predicted octanol–water partition coefficient (Wildman–Crippen LogP) is 2.79. The topological polar surface area (TPSA) is 15.3 Å². The van der Waals surface area contributed by atoms with Crippen molar-refractivity contribution in [3.05, 3.63) is 30.1 Å². The SMILES string of the molecule is CN(CCCCNC1CC1)c1cccc(F)c1. The van der Waals surface area contributed by atoms with Crippen molar-refractivity contribution in [1.29, 1.82) is 0 Å². The minimum Gasteiger partial charge on any atom is -0.375 e. The molecule has 0 unspecified atom stereocenters. The molecule has 0 radical (unpaired) electrons. The summed E-state index contributed by atoms with van der Waals surface area (Å²) in [6.45, 7) is 2.09. The monoisotopic (exact) mass is 236 g/mol. The highest BCUT2D eigenvalue weighted by atomic mass is 19.1. The van der Waals surface area contributed by atoms with Crippen LogP contribution in [0.4, 0.5) is 10.1 Å². The third kappa shape index (κ3) is 4.35. The maximum atomic E-state index is 13.0. The second-order valence-electron chi connectivity index (χ2n) is 4.84. The molecule has 17 heavy (non-hydrogen) atoms. The summed E-state index contributed by atoms with van der Waals surface area (Å²) in [6.07, 6.45) is 5.04. The highest BCUT2D eigenvalue weighted by molar-refractivity contribution is 5.45. The van der Waals surface area contributed by atoms with E-state index in [0.717, 1.165) is 31.2 Å². The van der Waals surface area contributed by atoms with Gasteiger partial charge in [-0.25, -0.2) is 4.39 Å². The molecule has 0 aromatic heterocycles. The van der Waals surface area contributed by atoms with Crippen LogP contribution in [0.25, 0.3) is 0 Å². The van der Waals surface area contributed by atoms with E-state index in [9.17, 15) is 4.39 Å². The standard InChI is InChI=1S/C14H21FN2/c1-17(14-6-4-5-12(15)11-14)10-3-2-9-16-13-7-8-13/h4-6,11,13,16H,2-3,7-10H2,1H3. The van der Waals surface area contributed by atoms with Crippen molar-refractivity contribution in [2.45, 2.75) is 31.7 Å². The van der Waals surface area contributed by atoms with E-state index in [2.05, 4.69) is 10.2 Å². The first-order valence-corrected chi connectivity index (χ1v) is 6.46. The second-order valence-corrected chi connectivity index (χ2v) is 4.84. The van der Waals surface area contributed by atoms with Crippen LogP contribution >= 0.6 is 0 Å². The third-order valence-electron chi connectivity index (χ3n) is 3.18. The summed E-state index contributed by atoms with van der Waals surface area (Å²) in [5.41, 5.74) is 0.958. The van der Waals surface area contributed by atoms with Gasteiger partial charge in [-0.1, -0.05) is 6.07 Å². The Morgan fingerprint density at radius 2 is 2.18 bits per heavy atom. The molecule has 1 aliphatic rings. The molecule has 0 atom stereocenters. The largest absolute Gasteiger partial charge is 0.375 e. The number of unbranched alkanes of at least 4 members (excludes halogenated alkanes) is 1. The van der Waals surface area contributed by atoms with E-state index in [4.69, 9.17) is 0 Å². The van der Waals surface area contributed by atoms with Gasteiger partial charge in [-0.2, -0.15) is 0 Å². The molecule has 1 N–H and O–H groups in total. The molecule has 0 heterocycles. The fourth-order valence-corrected chi connectivity index (χ4v) is 1.91. The zero-order chi connectivity index (χ0) is 12.1. The van der Waals surface area contributed by atoms with Crippen molar-refractivity contribution in [3.63, 3.8) is 0 Å². The fraction of sp³-hybridized carbons (Fsp3) is 0.571. The molecule has 0 aliphatic heterocycles. The van der Waals surface area contributed by atoms with Crippen molar-refractivity contribution in [3.8, 4) is 0 Å². The maximum absolute atomic E-state index is 13.0. The number of hydrogen-bond acceptors (Lipinski definition) is 2. The van der Waals surface area contributed by atoms with Crippen LogP contribution in [-0.2, 0) is 0 Å². The molecule has 0 saturated heterocycles. The molecule has 2 rings (SSSR count). The zero-order valence-corrected chi connectivity index (χ0v) is 10.5. The highest BCUT2D eigenvalue weighted by Crippen LogP contribution is 2.18. The summed E-state index contributed by atoms with van der Waals surface area (Å²) in [7, 11) is 2.02. The molecule has 2 nitrogen and oxygen atoms in total. The average Bonchev–Trinajstić information content (AvgIpc) is 3.12. The Morgan fingerprint density at radius 3 is 2.88 bits per heavy atom. The molecule has 0 spiro atoms. The minimum absolute atomic E-state index is 0.162. The van der Waals surface area contributed by atoms with Crippen molar-refractivity contribution < 1.29 is 4.39 Å². The van der Waals surface area contributed by atoms with Gasteiger partial charge >= 0.3 is 0 Å². The van der Waals surface area contributed by atoms with E-state index < -0.39 is 0 Å². The number of hydrogen-bond donors (Lipinski definition) is 1. The van der Waals surface area contributed by atoms with E-state index in [1.807, 2.05) is 13.1 Å². The molecule has 0 amide bonds. The molecular weight excluding hydrogens is 215 g/mol. The summed E-state index contributed by atoms with van der Waals surface area (Å²) in [5, 5.41) is 3.50. The van der Waals surface area contributed by atoms with Gasteiger partial charge in [0.05, 0.1) is 0 Å². The number of benzene rings is 1. The summed E-state index contributed by atoms with van der Waals surface area (Å²) >= 11 is 0. The van der Waals surface area contributed by atoms with Gasteiger partial charge < -0.3 is 10.2 Å². The number of nitrogens with zero attached hydrogens (tertiary/aromatic N) is 1. The Labute approximate surface area is 103 Å². The molecule has 0 bridgehead atoms. The quantitative estimate of drug-likeness (QED) is 0.732. The van der Waals surface area contributed by atoms with Crippen molar-refractivity contribution in [1.82, 2.24) is 5.32 Å². The van der Waals surface area contributed by atoms with E-state index in [1.165, 1.54) is 25.3 Å². The lowest BCUT2D eigenvalue weighted by atomic mass is 10.2. The first-order chi connectivity index (χ1) is 8.25. The van der Waals surface area contributed by atoms with Gasteiger partial charge in [0.15, 0.2) is 0 Å². The lowest BCUT2D eigenvalue weighted by Gasteiger charge is -2.19. The molecular formula is C14H21FN2. The van der Waals surface area contributed by atoms with Gasteiger partial charge in [-0.3, -0.25) is 0 Å². The summed E-state index contributed by atoms with van der Waals surface area (Å²) < 4.78 is 13.0. The Bertz CT molecular complexity index is 350. The lowest BCUT2D eigenvalue weighted by Crippen LogP contribution is -2.21. The summed E-state index contributed by atoms with van der Waals surface area (Å²) in [5.74, 6) is -0.162. The molecule has 1 aromatic rings. The molecule has 1 fully saturated rings. The van der Waals surface area contributed by atoms with Crippen LogP contribution in [0.3, 0.4) is 0 Å². The highest BCUT2D eigenvalue weighted by Gasteiger charge is 2.19. The third-order valence-corrected chi connectivity index (χ3v) is 3.18. The fourth-order valence-electron chi connectivity index (χ4n) is 1.91. The summed E-state index contributed by atoms with van der Waals surface area (Å²) in [4.78, 5) is 2.11. The van der Waals surface area contributed by atoms with Crippen molar-refractivity contribution in [2.24, 2.45) is 0 Å². The van der Waals surface area contributed by atoms with Gasteiger partial charge in [0, 0.05) is 25.3 Å².